The number of nitrogens with zero attached hydrogens (tertiary/aromatic N) is 2. The molecular formula is C17H20ClN3O2S. The van der Waals surface area contributed by atoms with Crippen LogP contribution in [0.15, 0.2) is 29.6 Å². The molecule has 1 aromatic carbocycles. The summed E-state index contributed by atoms with van der Waals surface area (Å²) in [4.78, 5) is 18.9. The number of ether oxygens (including phenoxy) is 1. The molecule has 1 amide bonds. The second kappa shape index (κ2) is 8.58. The smallest absolute Gasteiger partial charge is 0.226 e. The maximum absolute atomic E-state index is 12.0. The molecule has 5 nitrogen and oxygen atoms in total. The summed E-state index contributed by atoms with van der Waals surface area (Å²) in [6.07, 6.45) is 0.313. The van der Waals surface area contributed by atoms with Crippen molar-refractivity contribution in [1.82, 2.24) is 15.2 Å². The molecular weight excluding hydrogens is 346 g/mol. The van der Waals surface area contributed by atoms with Crippen LogP contribution in [0.2, 0.25) is 5.02 Å². The van der Waals surface area contributed by atoms with Gasteiger partial charge in [0.05, 0.1) is 25.3 Å². The fraction of sp³-hybridized carbons (Fsp3) is 0.412. The monoisotopic (exact) mass is 365 g/mol. The number of benzene rings is 1. The highest BCUT2D eigenvalue weighted by Crippen LogP contribution is 2.25. The lowest BCUT2D eigenvalue weighted by Gasteiger charge is -2.26. The van der Waals surface area contributed by atoms with Gasteiger partial charge in [-0.2, -0.15) is 0 Å². The predicted octanol–water partition coefficient (Wildman–Crippen LogP) is 2.45. The lowest BCUT2D eigenvalue weighted by Crippen LogP contribution is -2.41. The Balaban J connectivity index is 1.45. The number of carbonyl (C=O) groups is 1. The van der Waals surface area contributed by atoms with Gasteiger partial charge in [-0.25, -0.2) is 4.98 Å². The molecule has 0 spiro atoms. The number of thiazole rings is 1. The van der Waals surface area contributed by atoms with Crippen molar-refractivity contribution in [3.8, 4) is 10.6 Å². The number of rotatable bonds is 6. The summed E-state index contributed by atoms with van der Waals surface area (Å²) in [5, 5.41) is 6.51. The molecule has 2 heterocycles. The van der Waals surface area contributed by atoms with Gasteiger partial charge in [-0.05, 0) is 12.1 Å². The number of halogens is 1. The average molecular weight is 366 g/mol. The fourth-order valence-electron chi connectivity index (χ4n) is 2.52. The lowest BCUT2D eigenvalue weighted by atomic mass is 10.2. The number of morpholine rings is 1. The number of hydrogen-bond donors (Lipinski definition) is 1. The molecule has 1 aromatic heterocycles. The first-order chi connectivity index (χ1) is 11.7. The van der Waals surface area contributed by atoms with Crippen molar-refractivity contribution in [2.75, 3.05) is 39.4 Å². The van der Waals surface area contributed by atoms with Crippen molar-refractivity contribution in [2.45, 2.75) is 6.42 Å². The molecule has 3 rings (SSSR count). The Hall–Kier alpha value is -1.47. The van der Waals surface area contributed by atoms with Crippen LogP contribution >= 0.6 is 22.9 Å². The molecule has 24 heavy (non-hydrogen) atoms. The number of aromatic nitrogens is 1. The van der Waals surface area contributed by atoms with E-state index in [-0.39, 0.29) is 5.91 Å². The first-order valence-corrected chi connectivity index (χ1v) is 9.23. The zero-order valence-corrected chi connectivity index (χ0v) is 14.9. The van der Waals surface area contributed by atoms with Gasteiger partial charge in [-0.15, -0.1) is 11.3 Å². The van der Waals surface area contributed by atoms with E-state index in [1.807, 2.05) is 29.6 Å². The van der Waals surface area contributed by atoms with Gasteiger partial charge in [0.2, 0.25) is 5.91 Å². The van der Waals surface area contributed by atoms with E-state index in [9.17, 15) is 4.79 Å². The number of nitrogens with one attached hydrogen (secondary N) is 1. The van der Waals surface area contributed by atoms with Crippen LogP contribution in [0.4, 0.5) is 0 Å². The molecule has 1 saturated heterocycles. The maximum atomic E-state index is 12.0. The molecule has 2 aromatic rings. The summed E-state index contributed by atoms with van der Waals surface area (Å²) >= 11 is 7.44. The SMILES string of the molecule is O=C(Cc1csc(-c2ccc(Cl)cc2)n1)NCCN1CCOCC1. The minimum absolute atomic E-state index is 0.0104. The third-order valence-corrected chi connectivity index (χ3v) is 5.03. The van der Waals surface area contributed by atoms with Crippen molar-refractivity contribution in [2.24, 2.45) is 0 Å². The van der Waals surface area contributed by atoms with Crippen LogP contribution in [0.5, 0.6) is 0 Å². The van der Waals surface area contributed by atoms with E-state index in [4.69, 9.17) is 16.3 Å². The van der Waals surface area contributed by atoms with Crippen LogP contribution < -0.4 is 5.32 Å². The summed E-state index contributed by atoms with van der Waals surface area (Å²) in [6, 6.07) is 7.56. The van der Waals surface area contributed by atoms with Crippen LogP contribution in [0.1, 0.15) is 5.69 Å². The van der Waals surface area contributed by atoms with Crippen molar-refractivity contribution >= 4 is 28.8 Å². The van der Waals surface area contributed by atoms with Gasteiger partial charge in [-0.1, -0.05) is 23.7 Å². The Bertz CT molecular complexity index is 669. The first kappa shape index (κ1) is 17.4. The molecule has 0 aliphatic carbocycles. The highest BCUT2D eigenvalue weighted by molar-refractivity contribution is 7.13. The molecule has 0 unspecified atom stereocenters. The predicted molar refractivity (Wildman–Crippen MR) is 96.5 cm³/mol. The third-order valence-electron chi connectivity index (χ3n) is 3.84. The van der Waals surface area contributed by atoms with Gasteiger partial charge < -0.3 is 10.1 Å². The van der Waals surface area contributed by atoms with Gasteiger partial charge in [-0.3, -0.25) is 9.69 Å². The molecule has 1 aliphatic heterocycles. The zero-order valence-electron chi connectivity index (χ0n) is 13.3. The van der Waals surface area contributed by atoms with E-state index in [1.165, 1.54) is 0 Å². The summed E-state index contributed by atoms with van der Waals surface area (Å²) in [5.74, 6) is 0.0104. The molecule has 0 atom stereocenters. The number of carbonyl (C=O) groups excluding carboxylic acids is 1. The van der Waals surface area contributed by atoms with Crippen LogP contribution in [0.3, 0.4) is 0 Å². The average Bonchev–Trinajstić information content (AvgIpc) is 3.05. The molecule has 1 N–H and O–H groups in total. The second-order valence-electron chi connectivity index (χ2n) is 5.63. The Morgan fingerprint density at radius 3 is 2.79 bits per heavy atom. The van der Waals surface area contributed by atoms with Gasteiger partial charge in [0.25, 0.3) is 0 Å². The van der Waals surface area contributed by atoms with Gasteiger partial charge in [0, 0.05) is 42.1 Å². The van der Waals surface area contributed by atoms with Gasteiger partial charge in [0.1, 0.15) is 5.01 Å². The topological polar surface area (TPSA) is 54.5 Å². The second-order valence-corrected chi connectivity index (χ2v) is 6.93. The van der Waals surface area contributed by atoms with Crippen LogP contribution in [-0.4, -0.2) is 55.2 Å². The highest BCUT2D eigenvalue weighted by Gasteiger charge is 2.12. The molecule has 0 bridgehead atoms. The van der Waals surface area contributed by atoms with Gasteiger partial charge in [0.15, 0.2) is 0 Å². The van der Waals surface area contributed by atoms with E-state index in [2.05, 4.69) is 15.2 Å². The summed E-state index contributed by atoms with van der Waals surface area (Å²) in [5.41, 5.74) is 1.82. The van der Waals surface area contributed by atoms with Crippen molar-refractivity contribution < 1.29 is 9.53 Å². The minimum atomic E-state index is 0.0104. The molecule has 0 saturated carbocycles. The fourth-order valence-corrected chi connectivity index (χ4v) is 3.47. The van der Waals surface area contributed by atoms with Crippen molar-refractivity contribution in [3.63, 3.8) is 0 Å². The van der Waals surface area contributed by atoms with E-state index in [0.29, 0.717) is 18.0 Å². The lowest BCUT2D eigenvalue weighted by molar-refractivity contribution is -0.120. The van der Waals surface area contributed by atoms with E-state index in [0.717, 1.165) is 49.1 Å². The molecule has 128 valence electrons. The van der Waals surface area contributed by atoms with Gasteiger partial charge >= 0.3 is 0 Å². The molecule has 1 fully saturated rings. The summed E-state index contributed by atoms with van der Waals surface area (Å²) < 4.78 is 5.31. The zero-order chi connectivity index (χ0) is 16.8. The van der Waals surface area contributed by atoms with Crippen LogP contribution in [-0.2, 0) is 16.0 Å². The van der Waals surface area contributed by atoms with E-state index in [1.54, 1.807) is 11.3 Å². The Kier molecular flexibility index (Phi) is 6.20. The number of amides is 1. The molecule has 1 aliphatic rings. The summed E-state index contributed by atoms with van der Waals surface area (Å²) in [7, 11) is 0. The highest BCUT2D eigenvalue weighted by atomic mass is 35.5. The third kappa shape index (κ3) is 5.01. The molecule has 7 heteroatoms. The first-order valence-electron chi connectivity index (χ1n) is 7.98. The van der Waals surface area contributed by atoms with Crippen LogP contribution in [0, 0.1) is 0 Å². The standard InChI is InChI=1S/C17H20ClN3O2S/c18-14-3-1-13(2-4-14)17-20-15(12-24-17)11-16(22)19-5-6-21-7-9-23-10-8-21/h1-4,12H,5-11H2,(H,19,22). The molecule has 0 radical (unpaired) electrons. The van der Waals surface area contributed by atoms with E-state index >= 15 is 0 Å². The normalized spacial score (nSPS) is 15.4. The summed E-state index contributed by atoms with van der Waals surface area (Å²) in [6.45, 7) is 4.95. The largest absolute Gasteiger partial charge is 0.379 e. The van der Waals surface area contributed by atoms with E-state index < -0.39 is 0 Å². The maximum Gasteiger partial charge on any atom is 0.226 e. The quantitative estimate of drug-likeness (QED) is 0.854. The Morgan fingerprint density at radius 2 is 2.04 bits per heavy atom. The Labute approximate surface area is 150 Å². The Morgan fingerprint density at radius 1 is 1.29 bits per heavy atom. The number of hydrogen-bond acceptors (Lipinski definition) is 5. The van der Waals surface area contributed by atoms with Crippen molar-refractivity contribution in [1.29, 1.82) is 0 Å². The minimum Gasteiger partial charge on any atom is -0.379 e. The van der Waals surface area contributed by atoms with Crippen molar-refractivity contribution in [3.05, 3.63) is 40.4 Å². The van der Waals surface area contributed by atoms with Crippen LogP contribution in [0.25, 0.3) is 10.6 Å².